The quantitative estimate of drug-likeness (QED) is 0.848. The second kappa shape index (κ2) is 5.66. The van der Waals surface area contributed by atoms with Gasteiger partial charge in [-0.3, -0.25) is 4.99 Å². The monoisotopic (exact) mass is 336 g/mol. The number of rotatable bonds is 2. The Hall–Kier alpha value is -2.84. The van der Waals surface area contributed by atoms with Crippen molar-refractivity contribution in [2.45, 2.75) is 13.5 Å². The highest BCUT2D eigenvalue weighted by Crippen LogP contribution is 2.37. The molecule has 1 N–H and O–H groups in total. The van der Waals surface area contributed by atoms with Crippen LogP contribution < -0.4 is 5.32 Å². The Kier molecular flexibility index (Phi) is 3.47. The van der Waals surface area contributed by atoms with Crippen LogP contribution in [0.15, 0.2) is 56.0 Å². The van der Waals surface area contributed by atoms with Gasteiger partial charge in [0.25, 0.3) is 0 Å². The third kappa shape index (κ3) is 2.24. The van der Waals surface area contributed by atoms with Gasteiger partial charge in [-0.2, -0.15) is 0 Å². The summed E-state index contributed by atoms with van der Waals surface area (Å²) in [5, 5.41) is 7.74. The van der Waals surface area contributed by atoms with E-state index in [1.54, 1.807) is 12.3 Å². The fourth-order valence-electron chi connectivity index (χ4n) is 2.92. The van der Waals surface area contributed by atoms with E-state index in [4.69, 9.17) is 21.1 Å². The Labute approximate surface area is 143 Å². The minimum Gasteiger partial charge on any atom is -0.373 e. The van der Waals surface area contributed by atoms with Crippen LogP contribution in [0, 0.1) is 6.92 Å². The highest BCUT2D eigenvalue weighted by molar-refractivity contribution is 6.31. The van der Waals surface area contributed by atoms with E-state index in [0.29, 0.717) is 11.6 Å². The first-order valence-electron chi connectivity index (χ1n) is 7.46. The molecule has 1 aliphatic heterocycles. The molecule has 0 radical (unpaired) electrons. The van der Waals surface area contributed by atoms with Gasteiger partial charge in [-0.1, -0.05) is 22.5 Å². The molecule has 1 aliphatic carbocycles. The zero-order chi connectivity index (χ0) is 16.7. The maximum atomic E-state index is 5.94. The Balaban J connectivity index is 2.05. The van der Waals surface area contributed by atoms with E-state index < -0.39 is 0 Å². The Morgan fingerprint density at radius 1 is 1.25 bits per heavy atom. The van der Waals surface area contributed by atoms with Crippen molar-refractivity contribution < 1.29 is 4.52 Å². The Bertz CT molecular complexity index is 1020. The average Bonchev–Trinajstić information content (AvgIpc) is 2.87. The first kappa shape index (κ1) is 14.7. The number of nitrogens with zero attached hydrogens (tertiary/aromatic N) is 3. The molecule has 5 nitrogen and oxygen atoms in total. The maximum Gasteiger partial charge on any atom is 0.166 e. The Morgan fingerprint density at radius 3 is 2.88 bits per heavy atom. The summed E-state index contributed by atoms with van der Waals surface area (Å²) in [7, 11) is 1.84. The zero-order valence-electron chi connectivity index (χ0n) is 13.1. The lowest BCUT2D eigenvalue weighted by atomic mass is 9.93. The van der Waals surface area contributed by atoms with E-state index in [1.807, 2.05) is 26.1 Å². The molecule has 4 rings (SSSR count). The summed E-state index contributed by atoms with van der Waals surface area (Å²) in [4.78, 5) is 9.18. The van der Waals surface area contributed by atoms with Crippen LogP contribution in [0.5, 0.6) is 0 Å². The molecule has 6 heteroatoms. The minimum absolute atomic E-state index is 0.403. The number of aliphatic imine (C=N–C) groups is 1. The molecule has 2 aliphatic rings. The third-order valence-electron chi connectivity index (χ3n) is 3.98. The summed E-state index contributed by atoms with van der Waals surface area (Å²) in [5.41, 5.74) is 11.2. The van der Waals surface area contributed by atoms with E-state index in [-0.39, 0.29) is 0 Å². The number of allylic oxidation sites excluding steroid dienone is 4. The van der Waals surface area contributed by atoms with Crippen molar-refractivity contribution in [3.8, 4) is 11.1 Å². The largest absolute Gasteiger partial charge is 0.373 e. The number of aromatic nitrogens is 2. The van der Waals surface area contributed by atoms with Crippen LogP contribution in [-0.2, 0) is 6.54 Å². The summed E-state index contributed by atoms with van der Waals surface area (Å²) >= 11 is 5.94. The second-order valence-corrected chi connectivity index (χ2v) is 5.82. The molecule has 0 unspecified atom stereocenters. The predicted molar refractivity (Wildman–Crippen MR) is 93.3 cm³/mol. The van der Waals surface area contributed by atoms with E-state index >= 15 is 0 Å². The molecule has 0 amide bonds. The van der Waals surface area contributed by atoms with Gasteiger partial charge >= 0.3 is 0 Å². The minimum atomic E-state index is 0.403. The molecule has 0 saturated heterocycles. The van der Waals surface area contributed by atoms with Crippen LogP contribution >= 0.6 is 11.6 Å². The summed E-state index contributed by atoms with van der Waals surface area (Å²) in [5.74, 6) is 1.48. The van der Waals surface area contributed by atoms with Gasteiger partial charge < -0.3 is 9.84 Å². The lowest BCUT2D eigenvalue weighted by Gasteiger charge is -2.14. The topological polar surface area (TPSA) is 63.3 Å². The number of hydrogen-bond donors (Lipinski definition) is 1. The third-order valence-corrected chi connectivity index (χ3v) is 4.20. The molecule has 3 heterocycles. The molecule has 0 fully saturated rings. The molecule has 0 bridgehead atoms. The molecule has 0 atom stereocenters. The summed E-state index contributed by atoms with van der Waals surface area (Å²) in [6.07, 6.45) is 5.42. The van der Waals surface area contributed by atoms with Crippen molar-refractivity contribution in [1.82, 2.24) is 10.1 Å². The van der Waals surface area contributed by atoms with Crippen molar-refractivity contribution in [3.63, 3.8) is 0 Å². The molecular formula is C18H13ClN4O. The van der Waals surface area contributed by atoms with Gasteiger partial charge in [0, 0.05) is 18.8 Å². The van der Waals surface area contributed by atoms with Crippen LogP contribution in [0.3, 0.4) is 0 Å². The maximum absolute atomic E-state index is 5.94. The number of hydrogen-bond acceptors (Lipinski definition) is 5. The van der Waals surface area contributed by atoms with Crippen LogP contribution in [0.25, 0.3) is 11.1 Å². The van der Waals surface area contributed by atoms with Crippen molar-refractivity contribution in [3.05, 3.63) is 63.5 Å². The fourth-order valence-corrected chi connectivity index (χ4v) is 3.03. The molecule has 2 aromatic heterocycles. The predicted octanol–water partition coefficient (Wildman–Crippen LogP) is 3.76. The molecule has 0 aromatic carbocycles. The van der Waals surface area contributed by atoms with Crippen molar-refractivity contribution in [1.29, 1.82) is 0 Å². The zero-order valence-corrected chi connectivity index (χ0v) is 13.9. The van der Waals surface area contributed by atoms with Crippen LogP contribution in [0.2, 0.25) is 0 Å². The summed E-state index contributed by atoms with van der Waals surface area (Å²) < 4.78 is 5.46. The number of anilines is 1. The van der Waals surface area contributed by atoms with Gasteiger partial charge in [0.2, 0.25) is 0 Å². The molecular weight excluding hydrogens is 324 g/mol. The van der Waals surface area contributed by atoms with Gasteiger partial charge in [-0.25, -0.2) is 4.98 Å². The summed E-state index contributed by atoms with van der Waals surface area (Å²) in [6.45, 7) is 2.33. The van der Waals surface area contributed by atoms with Gasteiger partial charge in [-0.05, 0) is 30.9 Å². The SMILES string of the molecule is CNc1nccc2c1C(C1=C=C=C(Cl)C=C1)=NCc1onc(C)c1-2. The average molecular weight is 337 g/mol. The summed E-state index contributed by atoms with van der Waals surface area (Å²) in [6, 6.07) is 1.96. The van der Waals surface area contributed by atoms with Gasteiger partial charge in [-0.15, -0.1) is 0 Å². The van der Waals surface area contributed by atoms with E-state index in [1.165, 1.54) is 0 Å². The van der Waals surface area contributed by atoms with Crippen molar-refractivity contribution in [2.24, 2.45) is 4.99 Å². The lowest BCUT2D eigenvalue weighted by Crippen LogP contribution is -2.10. The highest BCUT2D eigenvalue weighted by atomic mass is 35.5. The molecule has 0 spiro atoms. The highest BCUT2D eigenvalue weighted by Gasteiger charge is 2.27. The van der Waals surface area contributed by atoms with Gasteiger partial charge in [0.15, 0.2) is 5.76 Å². The smallest absolute Gasteiger partial charge is 0.166 e. The standard InChI is InChI=1S/C18H13ClN4O/c1-10-15-13-7-8-21-18(20-2)16(13)17(22-9-14(15)24-23-10)11-3-5-12(19)6-4-11/h3,5,7-8H,9H2,1-2H3,(H,20,21). The van der Waals surface area contributed by atoms with Crippen LogP contribution in [0.4, 0.5) is 5.82 Å². The Morgan fingerprint density at radius 2 is 2.12 bits per heavy atom. The number of pyridine rings is 1. The molecule has 24 heavy (non-hydrogen) atoms. The number of nitrogens with one attached hydrogen (secondary N) is 1. The van der Waals surface area contributed by atoms with Gasteiger partial charge in [0.1, 0.15) is 12.4 Å². The van der Waals surface area contributed by atoms with E-state index in [2.05, 4.69) is 26.9 Å². The number of aryl methyl sites for hydroxylation is 1. The lowest BCUT2D eigenvalue weighted by molar-refractivity contribution is 0.382. The molecule has 118 valence electrons. The molecule has 2 aromatic rings. The van der Waals surface area contributed by atoms with E-state index in [0.717, 1.165) is 45.2 Å². The number of fused-ring (bicyclic) bond motifs is 3. The molecule has 0 saturated carbocycles. The van der Waals surface area contributed by atoms with Crippen molar-refractivity contribution in [2.75, 3.05) is 12.4 Å². The number of halogens is 1. The first-order valence-corrected chi connectivity index (χ1v) is 7.84. The van der Waals surface area contributed by atoms with Gasteiger partial charge in [0.05, 0.1) is 33.1 Å². The first-order chi connectivity index (χ1) is 11.7. The van der Waals surface area contributed by atoms with Crippen LogP contribution in [-0.4, -0.2) is 22.9 Å². The van der Waals surface area contributed by atoms with Crippen LogP contribution in [0.1, 0.15) is 17.0 Å². The second-order valence-electron chi connectivity index (χ2n) is 5.41. The fraction of sp³-hybridized carbons (Fsp3) is 0.167. The van der Waals surface area contributed by atoms with Crippen molar-refractivity contribution >= 4 is 23.1 Å². The normalized spacial score (nSPS) is 15.0. The van der Waals surface area contributed by atoms with E-state index in [9.17, 15) is 0 Å².